The zero-order valence-corrected chi connectivity index (χ0v) is 58.3. The first-order chi connectivity index (χ1) is 46.3. The van der Waals surface area contributed by atoms with E-state index in [0.29, 0.717) is 0 Å². The molecule has 0 bridgehead atoms. The van der Waals surface area contributed by atoms with Gasteiger partial charge < -0.3 is 23.5 Å². The van der Waals surface area contributed by atoms with Crippen LogP contribution in [0.5, 0.6) is 0 Å². The van der Waals surface area contributed by atoms with Crippen LogP contribution in [0.1, 0.15) is 84.6 Å². The lowest BCUT2D eigenvalue weighted by molar-refractivity contribution is 0.590. The summed E-state index contributed by atoms with van der Waals surface area (Å²) in [5.74, 6) is 0. The van der Waals surface area contributed by atoms with E-state index in [1.807, 2.05) is 11.3 Å². The average Bonchev–Trinajstić information content (AvgIpc) is 1.20. The van der Waals surface area contributed by atoms with Crippen molar-refractivity contribution in [1.82, 2.24) is 0 Å². The molecule has 0 spiro atoms. The number of benzene rings is 12. The molecule has 0 N–H and O–H groups in total. The van der Waals surface area contributed by atoms with Gasteiger partial charge in [-0.3, -0.25) is 0 Å². The first-order valence-corrected chi connectivity index (χ1v) is 36.6. The highest BCUT2D eigenvalue weighted by molar-refractivity contribution is 7.33. The van der Waals surface area contributed by atoms with Crippen LogP contribution in [0.4, 0.5) is 51.2 Å². The zero-order chi connectivity index (χ0) is 65.7. The van der Waals surface area contributed by atoms with Gasteiger partial charge in [-0.15, -0.1) is 11.3 Å². The maximum Gasteiger partial charge on any atom is 0.264 e. The van der Waals surface area contributed by atoms with E-state index in [4.69, 9.17) is 8.83 Å². The summed E-state index contributed by atoms with van der Waals surface area (Å²) in [7, 11) is -3.23. The Labute approximate surface area is 568 Å². The summed E-state index contributed by atoms with van der Waals surface area (Å²) in [6.07, 6.45) is 0. The highest BCUT2D eigenvalue weighted by atomic mass is 32.1. The minimum atomic E-state index is -3.23. The minimum Gasteiger partial charge on any atom is -0.454 e. The molecule has 17 rings (SSSR count). The van der Waals surface area contributed by atoms with Crippen LogP contribution in [0.25, 0.3) is 65.1 Å². The summed E-state index contributed by atoms with van der Waals surface area (Å²) >= 11 is 1.94. The van der Waals surface area contributed by atoms with Crippen LogP contribution in [0.15, 0.2) is 270 Å². The van der Waals surface area contributed by atoms with E-state index < -0.39 is 8.07 Å². The molecule has 468 valence electrons. The second-order valence-electron chi connectivity index (χ2n) is 29.8. The van der Waals surface area contributed by atoms with E-state index in [-0.39, 0.29) is 22.6 Å². The normalized spacial score (nSPS) is 13.3. The van der Waals surface area contributed by atoms with Crippen molar-refractivity contribution in [2.75, 3.05) is 14.7 Å². The largest absolute Gasteiger partial charge is 0.454 e. The van der Waals surface area contributed by atoms with Crippen molar-refractivity contribution in [3.05, 3.63) is 283 Å². The first-order valence-electron chi connectivity index (χ1n) is 33.8. The molecule has 96 heavy (non-hydrogen) atoms. The Bertz CT molecular complexity index is 5540. The molecule has 0 aliphatic carbocycles. The smallest absolute Gasteiger partial charge is 0.264 e. The summed E-state index contributed by atoms with van der Waals surface area (Å²) in [6.45, 7) is 25.6. The second-order valence-corrected chi connectivity index (χ2v) is 35.6. The number of anilines is 9. The molecule has 5 nitrogen and oxygen atoms in total. The van der Waals surface area contributed by atoms with Crippen LogP contribution in [0.3, 0.4) is 0 Å². The molecule has 0 fully saturated rings. The van der Waals surface area contributed by atoms with E-state index >= 15 is 0 Å². The molecule has 0 atom stereocenters. The summed E-state index contributed by atoms with van der Waals surface area (Å²) in [5.41, 5.74) is 22.8. The van der Waals surface area contributed by atoms with E-state index in [2.05, 4.69) is 352 Å². The Morgan fingerprint density at radius 2 is 0.927 bits per heavy atom. The summed E-state index contributed by atoms with van der Waals surface area (Å²) in [6, 6.07) is 98.9. The number of para-hydroxylation sites is 5. The molecular formula is C88H76BN3O2SSi. The SMILES string of the molecule is Cc1ccc([Si](c2ccc(C)cc2)(c2cc3c4c(c2)N(c2cccc5c2oc2ccccc25)c2c(sc5ccc(C(C)(C)C)cc25)B4c2ccc(N(c4ccc(C(C)(C)C)cc4)c4ccccc4-c4ccccc4)cc2N3c2cccc3c2oc2ccccc23)C(C)(C)C)cc1. The van der Waals surface area contributed by atoms with Crippen molar-refractivity contribution in [2.24, 2.45) is 0 Å². The fourth-order valence-electron chi connectivity index (χ4n) is 16.1. The number of thiophene rings is 1. The number of aryl methyl sites for hydroxylation is 2. The standard InChI is InChI=1S/C88H76BN3O2SSi/c1-55-35-45-62(46-36-55)96(88(9,10)11,63-47-37-56(2)38-48-63)64-53-76-81-77(54-64)92(74-32-22-29-69-67-27-17-20-34-79(67)94-84(69)74)82-70-51-59(87(6,7)8)41-50-80(70)95-85(82)89(81)71-49-44-61(52-75(71)91(76)73-31-21-28-68-66-26-16-19-33-78(66)93-83(68)73)90(60-42-39-58(40-43-60)86(3,4)5)72-30-18-15-25-65(72)57-23-13-12-14-24-57/h12-54H,1-11H3. The third-order valence-corrected chi connectivity index (χ3v) is 27.8. The fourth-order valence-corrected chi connectivity index (χ4v) is 23.0. The Morgan fingerprint density at radius 3 is 1.52 bits per heavy atom. The maximum absolute atomic E-state index is 7.33. The molecule has 2 aliphatic rings. The van der Waals surface area contributed by atoms with Crippen molar-refractivity contribution in [3.8, 4) is 11.1 Å². The number of fused-ring (bicyclic) bond motifs is 12. The lowest BCUT2D eigenvalue weighted by atomic mass is 9.36. The Kier molecular flexibility index (Phi) is 13.6. The highest BCUT2D eigenvalue weighted by Gasteiger charge is 2.53. The van der Waals surface area contributed by atoms with Crippen molar-refractivity contribution >= 4 is 163 Å². The van der Waals surface area contributed by atoms with Gasteiger partial charge in [0.1, 0.15) is 11.2 Å². The van der Waals surface area contributed by atoms with Gasteiger partial charge in [0.25, 0.3) is 6.71 Å². The van der Waals surface area contributed by atoms with Gasteiger partial charge in [-0.2, -0.15) is 0 Å². The van der Waals surface area contributed by atoms with Gasteiger partial charge in [-0.1, -0.05) is 255 Å². The Morgan fingerprint density at radius 1 is 0.406 bits per heavy atom. The third kappa shape index (κ3) is 9.23. The molecule has 0 saturated heterocycles. The predicted octanol–water partition coefficient (Wildman–Crippen LogP) is 21.4. The molecule has 0 radical (unpaired) electrons. The average molecular weight is 1280 g/mol. The molecule has 0 unspecified atom stereocenters. The fraction of sp³-hybridized carbons (Fsp3) is 0.159. The third-order valence-electron chi connectivity index (χ3n) is 20.8. The van der Waals surface area contributed by atoms with Gasteiger partial charge in [0, 0.05) is 70.4 Å². The Balaban J connectivity index is 1.06. The van der Waals surface area contributed by atoms with E-state index in [9.17, 15) is 0 Å². The number of nitrogens with zero attached hydrogens (tertiary/aromatic N) is 3. The summed E-state index contributed by atoms with van der Waals surface area (Å²) in [5, 5.41) is 9.34. The van der Waals surface area contributed by atoms with E-state index in [0.717, 1.165) is 101 Å². The zero-order valence-electron chi connectivity index (χ0n) is 56.5. The second kappa shape index (κ2) is 22.0. The molecular weight excluding hydrogens is 1200 g/mol. The van der Waals surface area contributed by atoms with Crippen LogP contribution in [-0.4, -0.2) is 14.8 Å². The molecule has 3 aromatic heterocycles. The van der Waals surface area contributed by atoms with Crippen molar-refractivity contribution in [2.45, 2.75) is 92.0 Å². The number of hydrogen-bond donors (Lipinski definition) is 0. The molecule has 5 heterocycles. The molecule has 0 amide bonds. The van der Waals surface area contributed by atoms with Gasteiger partial charge in [0.05, 0.1) is 22.7 Å². The predicted molar refractivity (Wildman–Crippen MR) is 415 cm³/mol. The Hall–Kier alpha value is -10.1. The van der Waals surface area contributed by atoms with Gasteiger partial charge in [0.2, 0.25) is 0 Å². The van der Waals surface area contributed by atoms with Crippen LogP contribution in [0.2, 0.25) is 5.04 Å². The van der Waals surface area contributed by atoms with E-state index in [1.165, 1.54) is 69.3 Å². The summed E-state index contributed by atoms with van der Waals surface area (Å²) < 4.78 is 17.2. The molecule has 12 aromatic carbocycles. The van der Waals surface area contributed by atoms with E-state index in [1.54, 1.807) is 0 Å². The van der Waals surface area contributed by atoms with Crippen molar-refractivity contribution < 1.29 is 8.83 Å². The highest BCUT2D eigenvalue weighted by Crippen LogP contribution is 2.54. The lowest BCUT2D eigenvalue weighted by Gasteiger charge is -2.48. The quantitative estimate of drug-likeness (QED) is 0.106. The first kappa shape index (κ1) is 59.6. The molecule has 8 heteroatoms. The molecule has 15 aromatic rings. The molecule has 0 saturated carbocycles. The monoisotopic (exact) mass is 1280 g/mol. The van der Waals surface area contributed by atoms with Crippen LogP contribution in [0, 0.1) is 13.8 Å². The minimum absolute atomic E-state index is 0.0410. The van der Waals surface area contributed by atoms with Crippen LogP contribution >= 0.6 is 11.3 Å². The topological polar surface area (TPSA) is 36.0 Å². The maximum atomic E-state index is 7.33. The van der Waals surface area contributed by atoms with Gasteiger partial charge in [0.15, 0.2) is 19.2 Å². The van der Waals surface area contributed by atoms with Crippen LogP contribution < -0.4 is 46.0 Å². The molecule has 2 aliphatic heterocycles. The summed E-state index contributed by atoms with van der Waals surface area (Å²) in [4.78, 5) is 7.77. The van der Waals surface area contributed by atoms with Crippen molar-refractivity contribution in [3.63, 3.8) is 0 Å². The number of hydrogen-bond acceptors (Lipinski definition) is 6. The van der Waals surface area contributed by atoms with Crippen LogP contribution in [-0.2, 0) is 10.8 Å². The number of furan rings is 2. The van der Waals surface area contributed by atoms with Gasteiger partial charge in [-0.25, -0.2) is 0 Å². The van der Waals surface area contributed by atoms with Gasteiger partial charge >= 0.3 is 0 Å². The van der Waals surface area contributed by atoms with Crippen molar-refractivity contribution in [1.29, 1.82) is 0 Å². The lowest BCUT2D eigenvalue weighted by Crippen LogP contribution is -2.72. The number of rotatable bonds is 9. The van der Waals surface area contributed by atoms with Gasteiger partial charge in [-0.05, 0) is 152 Å².